The Bertz CT molecular complexity index is 140. The molecule has 1 aromatic heterocycles. The molecule has 35 valence electrons. The molecule has 0 aliphatic rings. The van der Waals surface area contributed by atoms with Gasteiger partial charge in [-0.1, -0.05) is 4.98 Å². The van der Waals surface area contributed by atoms with Crippen molar-refractivity contribution in [1.29, 1.82) is 0 Å². The zero-order valence-electron chi connectivity index (χ0n) is 3.53. The number of hydrogen-bond acceptors (Lipinski definition) is 2. The van der Waals surface area contributed by atoms with Gasteiger partial charge in [0.1, 0.15) is 6.20 Å². The highest BCUT2D eigenvalue weighted by Crippen LogP contribution is 1.63. The van der Waals surface area contributed by atoms with Crippen LogP contribution in [0.2, 0.25) is 0 Å². The third kappa shape index (κ3) is 0.855. The first kappa shape index (κ1) is 4.05. The Labute approximate surface area is 40.8 Å². The summed E-state index contributed by atoms with van der Waals surface area (Å²) in [5.74, 6) is 0. The molecule has 0 aromatic carbocycles. The van der Waals surface area contributed by atoms with Gasteiger partial charge in [0.05, 0.1) is 0 Å². The van der Waals surface area contributed by atoms with Crippen LogP contribution < -0.4 is 4.73 Å². The molecule has 0 spiro atoms. The summed E-state index contributed by atoms with van der Waals surface area (Å²) in [5.41, 5.74) is 0. The summed E-state index contributed by atoms with van der Waals surface area (Å²) in [6.07, 6.45) is 4.96. The molecule has 0 atom stereocenters. The fraction of sp³-hybridized carbons (Fsp3) is 0. The number of hydrogen-bond donors (Lipinski definition) is 0. The average molecular weight is 95.1 g/mol. The van der Waals surface area contributed by atoms with Crippen molar-refractivity contribution in [3.8, 4) is 0 Å². The van der Waals surface area contributed by atoms with Gasteiger partial charge in [-0.05, 0) is 0 Å². The lowest BCUT2D eigenvalue weighted by Gasteiger charge is -1.90. The summed E-state index contributed by atoms with van der Waals surface area (Å²) in [5, 5.41) is 10.1. The molecule has 0 amide bonds. The molecule has 0 N–H and O–H groups in total. The van der Waals surface area contributed by atoms with Crippen molar-refractivity contribution in [3.63, 3.8) is 0 Å². The standard InChI is InChI=1S/C4H3N2O/c7-6-3-1-2-5-4-6/h1-2,4H. The molecule has 1 rings (SSSR count). The summed E-state index contributed by atoms with van der Waals surface area (Å²) in [4.78, 5) is 3.50. The molecule has 0 aliphatic carbocycles. The van der Waals surface area contributed by atoms with E-state index in [2.05, 4.69) is 11.2 Å². The minimum absolute atomic E-state index is 0.514. The molecular weight excluding hydrogens is 92.1 g/mol. The quantitative estimate of drug-likeness (QED) is 0.322. The van der Waals surface area contributed by atoms with Crippen LogP contribution in [0, 0.1) is 11.4 Å². The smallest absolute Gasteiger partial charge is 0.289 e. The summed E-state index contributed by atoms with van der Waals surface area (Å²) >= 11 is 0. The molecule has 7 heavy (non-hydrogen) atoms. The first-order valence-electron chi connectivity index (χ1n) is 1.80. The maximum absolute atomic E-state index is 10.1. The molecule has 3 heteroatoms. The van der Waals surface area contributed by atoms with Gasteiger partial charge in [-0.15, -0.1) is 0 Å². The Morgan fingerprint density at radius 3 is 2.86 bits per heavy atom. The molecule has 3 nitrogen and oxygen atoms in total. The third-order valence-corrected chi connectivity index (χ3v) is 0.534. The summed E-state index contributed by atoms with van der Waals surface area (Å²) in [7, 11) is 0. The van der Waals surface area contributed by atoms with Crippen LogP contribution in [0.4, 0.5) is 0 Å². The molecular formula is C4H3N2O. The Balaban J connectivity index is 3.02. The monoisotopic (exact) mass is 95.0 g/mol. The molecule has 1 heterocycles. The normalized spacial score (nSPS) is 8.57. The van der Waals surface area contributed by atoms with Gasteiger partial charge >= 0.3 is 0 Å². The van der Waals surface area contributed by atoms with E-state index >= 15 is 0 Å². The molecule has 0 bridgehead atoms. The van der Waals surface area contributed by atoms with E-state index in [1.807, 2.05) is 0 Å². The van der Waals surface area contributed by atoms with Gasteiger partial charge in [-0.2, -0.15) is 0 Å². The van der Waals surface area contributed by atoms with Crippen LogP contribution in [-0.4, -0.2) is 4.98 Å². The highest BCUT2D eigenvalue weighted by molar-refractivity contribution is 4.66. The molecule has 1 aromatic rings. The predicted molar refractivity (Wildman–Crippen MR) is 22.0 cm³/mol. The lowest BCUT2D eigenvalue weighted by molar-refractivity contribution is -0.613. The lowest BCUT2D eigenvalue weighted by Crippen LogP contribution is -2.24. The zero-order valence-corrected chi connectivity index (χ0v) is 3.53. The second-order valence-corrected chi connectivity index (χ2v) is 1.04. The van der Waals surface area contributed by atoms with Crippen LogP contribution in [0.3, 0.4) is 0 Å². The second-order valence-electron chi connectivity index (χ2n) is 1.04. The SMILES string of the molecule is [O-][n+]1[c]ccnc1. The van der Waals surface area contributed by atoms with Crippen LogP contribution >= 0.6 is 0 Å². The van der Waals surface area contributed by atoms with E-state index in [1.54, 1.807) is 0 Å². The van der Waals surface area contributed by atoms with Crippen molar-refractivity contribution in [2.24, 2.45) is 0 Å². The van der Waals surface area contributed by atoms with Gasteiger partial charge in [0.15, 0.2) is 6.20 Å². The fourth-order valence-electron chi connectivity index (χ4n) is 0.282. The van der Waals surface area contributed by atoms with Gasteiger partial charge < -0.3 is 5.21 Å². The molecule has 0 saturated heterocycles. The summed E-state index contributed by atoms with van der Waals surface area (Å²) in [6.45, 7) is 0. The van der Waals surface area contributed by atoms with Crippen molar-refractivity contribution >= 4 is 0 Å². The average Bonchev–Trinajstić information content (AvgIpc) is 1.69. The Hall–Kier alpha value is -1.12. The van der Waals surface area contributed by atoms with E-state index in [4.69, 9.17) is 0 Å². The maximum Gasteiger partial charge on any atom is 0.289 e. The van der Waals surface area contributed by atoms with E-state index in [1.165, 1.54) is 12.3 Å². The molecule has 0 fully saturated rings. The highest BCUT2D eigenvalue weighted by atomic mass is 16.5. The molecule has 0 unspecified atom stereocenters. The lowest BCUT2D eigenvalue weighted by atomic mass is 10.7. The largest absolute Gasteiger partial charge is 0.710 e. The molecule has 0 saturated carbocycles. The van der Waals surface area contributed by atoms with Gasteiger partial charge in [0, 0.05) is 6.07 Å². The Morgan fingerprint density at radius 1 is 1.71 bits per heavy atom. The number of nitrogens with zero attached hydrogens (tertiary/aromatic N) is 2. The number of rotatable bonds is 0. The minimum Gasteiger partial charge on any atom is -0.710 e. The van der Waals surface area contributed by atoms with E-state index in [0.717, 1.165) is 6.33 Å². The zero-order chi connectivity index (χ0) is 5.11. The number of aromatic nitrogens is 2. The van der Waals surface area contributed by atoms with Crippen LogP contribution in [0.15, 0.2) is 18.6 Å². The van der Waals surface area contributed by atoms with E-state index in [-0.39, 0.29) is 0 Å². The van der Waals surface area contributed by atoms with E-state index in [9.17, 15) is 5.21 Å². The van der Waals surface area contributed by atoms with Crippen molar-refractivity contribution < 1.29 is 4.73 Å². The molecule has 0 aliphatic heterocycles. The first-order valence-corrected chi connectivity index (χ1v) is 1.80. The second kappa shape index (κ2) is 1.55. The van der Waals surface area contributed by atoms with Crippen LogP contribution in [0.5, 0.6) is 0 Å². The topological polar surface area (TPSA) is 39.8 Å². The van der Waals surface area contributed by atoms with E-state index in [0.29, 0.717) is 4.73 Å². The van der Waals surface area contributed by atoms with Gasteiger partial charge in [0.25, 0.3) is 6.33 Å². The maximum atomic E-state index is 10.1. The van der Waals surface area contributed by atoms with Gasteiger partial charge in [0.2, 0.25) is 0 Å². The highest BCUT2D eigenvalue weighted by Gasteiger charge is 1.77. The summed E-state index contributed by atoms with van der Waals surface area (Å²) in [6, 6.07) is 1.45. The van der Waals surface area contributed by atoms with Crippen molar-refractivity contribution in [2.45, 2.75) is 0 Å². The van der Waals surface area contributed by atoms with Gasteiger partial charge in [-0.25, -0.2) is 4.73 Å². The third-order valence-electron chi connectivity index (χ3n) is 0.534. The van der Waals surface area contributed by atoms with Crippen molar-refractivity contribution in [3.05, 3.63) is 30.0 Å². The van der Waals surface area contributed by atoms with Crippen LogP contribution in [0.1, 0.15) is 0 Å². The summed E-state index contributed by atoms with van der Waals surface area (Å²) < 4.78 is 0.514. The van der Waals surface area contributed by atoms with Gasteiger partial charge in [-0.3, -0.25) is 0 Å². The first-order chi connectivity index (χ1) is 3.39. The minimum atomic E-state index is 0.514. The van der Waals surface area contributed by atoms with Crippen molar-refractivity contribution in [1.82, 2.24) is 4.98 Å². The fourth-order valence-corrected chi connectivity index (χ4v) is 0.282. The Kier molecular flexibility index (Phi) is 0.898. The molecule has 1 radical (unpaired) electrons. The van der Waals surface area contributed by atoms with E-state index < -0.39 is 0 Å². The Morgan fingerprint density at radius 2 is 2.57 bits per heavy atom. The van der Waals surface area contributed by atoms with Crippen LogP contribution in [0.25, 0.3) is 0 Å². The van der Waals surface area contributed by atoms with Crippen molar-refractivity contribution in [2.75, 3.05) is 0 Å². The van der Waals surface area contributed by atoms with Crippen LogP contribution in [-0.2, 0) is 0 Å². The predicted octanol–water partition coefficient (Wildman–Crippen LogP) is -0.485.